The average Bonchev–Trinajstić information content (AvgIpc) is 3.18. The molecule has 0 spiro atoms. The van der Waals surface area contributed by atoms with Gasteiger partial charge in [0.05, 0.1) is 6.61 Å². The zero-order valence-electron chi connectivity index (χ0n) is 16.1. The lowest BCUT2D eigenvalue weighted by atomic mass is 9.95. The van der Waals surface area contributed by atoms with Crippen LogP contribution >= 0.6 is 24.8 Å². The van der Waals surface area contributed by atoms with Gasteiger partial charge in [-0.05, 0) is 37.3 Å². The van der Waals surface area contributed by atoms with E-state index in [1.54, 1.807) is 0 Å². The lowest BCUT2D eigenvalue weighted by Crippen LogP contribution is -2.47. The van der Waals surface area contributed by atoms with Gasteiger partial charge in [0.1, 0.15) is 0 Å². The summed E-state index contributed by atoms with van der Waals surface area (Å²) < 4.78 is 0. The highest BCUT2D eigenvalue weighted by atomic mass is 35.5. The van der Waals surface area contributed by atoms with Crippen LogP contribution in [0.5, 0.6) is 0 Å². The number of carbonyl (C=O) groups excluding carboxylic acids is 1. The molecule has 0 bridgehead atoms. The summed E-state index contributed by atoms with van der Waals surface area (Å²) in [5, 5.41) is 8.98. The van der Waals surface area contributed by atoms with E-state index in [9.17, 15) is 4.79 Å². The second-order valence-electron chi connectivity index (χ2n) is 7.54. The molecule has 27 heavy (non-hydrogen) atoms. The zero-order chi connectivity index (χ0) is 17.5. The van der Waals surface area contributed by atoms with Gasteiger partial charge in [-0.2, -0.15) is 0 Å². The highest BCUT2D eigenvalue weighted by Crippen LogP contribution is 2.34. The van der Waals surface area contributed by atoms with Crippen molar-refractivity contribution in [1.82, 2.24) is 9.80 Å². The summed E-state index contributed by atoms with van der Waals surface area (Å²) in [5.74, 6) is 0.991. The summed E-state index contributed by atoms with van der Waals surface area (Å²) >= 11 is 0. The first-order valence-electron chi connectivity index (χ1n) is 9.95. The van der Waals surface area contributed by atoms with Gasteiger partial charge in [0, 0.05) is 44.7 Å². The molecule has 154 valence electrons. The quantitative estimate of drug-likeness (QED) is 0.655. The van der Waals surface area contributed by atoms with Gasteiger partial charge in [-0.1, -0.05) is 37.1 Å². The summed E-state index contributed by atoms with van der Waals surface area (Å²) in [7, 11) is 0. The van der Waals surface area contributed by atoms with Gasteiger partial charge in [-0.25, -0.2) is 0 Å². The Morgan fingerprint density at radius 3 is 2.04 bits per heavy atom. The predicted octanol–water partition coefficient (Wildman–Crippen LogP) is 3.76. The molecule has 4 nitrogen and oxygen atoms in total. The third kappa shape index (κ3) is 7.35. The molecule has 1 N–H and O–H groups in total. The number of halogens is 2. The van der Waals surface area contributed by atoms with E-state index < -0.39 is 0 Å². The SMILES string of the molecule is Cl.Cl.O=C(CCCN1CCN(CCO)CC1)c1ccc(C2CCCC2)cc1. The number of hydrogen-bond donors (Lipinski definition) is 1. The molecule has 1 saturated carbocycles. The first-order valence-corrected chi connectivity index (χ1v) is 9.95. The summed E-state index contributed by atoms with van der Waals surface area (Å²) in [5.41, 5.74) is 2.28. The molecule has 1 heterocycles. The molecule has 1 aromatic rings. The monoisotopic (exact) mass is 416 g/mol. The maximum absolute atomic E-state index is 12.4. The van der Waals surface area contributed by atoms with Crippen LogP contribution < -0.4 is 0 Å². The summed E-state index contributed by atoms with van der Waals surface area (Å²) in [6, 6.07) is 8.40. The number of Topliss-reactive ketones (excluding diaryl/α,β-unsaturated/α-hetero) is 1. The fraction of sp³-hybridized carbons (Fsp3) is 0.667. The number of nitrogens with zero attached hydrogens (tertiary/aromatic N) is 2. The number of aliphatic hydroxyl groups is 1. The van der Waals surface area contributed by atoms with E-state index in [-0.39, 0.29) is 37.2 Å². The molecule has 6 heteroatoms. The third-order valence-corrected chi connectivity index (χ3v) is 5.82. The molecule has 0 aromatic heterocycles. The smallest absolute Gasteiger partial charge is 0.162 e. The molecule has 1 saturated heterocycles. The van der Waals surface area contributed by atoms with Crippen LogP contribution in [0.15, 0.2) is 24.3 Å². The fourth-order valence-corrected chi connectivity index (χ4v) is 4.19. The van der Waals surface area contributed by atoms with Crippen molar-refractivity contribution in [3.8, 4) is 0 Å². The Kier molecular flexibility index (Phi) is 11.5. The third-order valence-electron chi connectivity index (χ3n) is 5.82. The lowest BCUT2D eigenvalue weighted by Gasteiger charge is -2.34. The van der Waals surface area contributed by atoms with Crippen molar-refractivity contribution >= 4 is 30.6 Å². The predicted molar refractivity (Wildman–Crippen MR) is 116 cm³/mol. The van der Waals surface area contributed by atoms with E-state index in [1.165, 1.54) is 31.2 Å². The number of β-amino-alcohol motifs (C(OH)–C–C–N with tert-alkyl or cyclic N) is 1. The Labute approximate surface area is 176 Å². The van der Waals surface area contributed by atoms with E-state index in [4.69, 9.17) is 5.11 Å². The van der Waals surface area contributed by atoms with E-state index in [0.29, 0.717) is 12.3 Å². The molecule has 3 rings (SSSR count). The standard InChI is InChI=1S/C21H32N2O2.2ClH/c24-17-16-23-14-12-22(13-15-23)11-3-6-21(25)20-9-7-19(8-10-20)18-4-1-2-5-18;;/h7-10,18,24H,1-6,11-17H2;2*1H. The number of ketones is 1. The summed E-state index contributed by atoms with van der Waals surface area (Å²) in [4.78, 5) is 17.1. The molecular weight excluding hydrogens is 383 g/mol. The van der Waals surface area contributed by atoms with Crippen molar-refractivity contribution in [1.29, 1.82) is 0 Å². The highest BCUT2D eigenvalue weighted by Gasteiger charge is 2.18. The molecule has 1 aromatic carbocycles. The number of benzene rings is 1. The molecule has 2 fully saturated rings. The maximum Gasteiger partial charge on any atom is 0.162 e. The van der Waals surface area contributed by atoms with Crippen molar-refractivity contribution in [3.63, 3.8) is 0 Å². The number of piperazine rings is 1. The molecule has 0 radical (unpaired) electrons. The van der Waals surface area contributed by atoms with Crippen LogP contribution in [0.1, 0.15) is 60.4 Å². The van der Waals surface area contributed by atoms with Crippen LogP contribution in [0.3, 0.4) is 0 Å². The minimum absolute atomic E-state index is 0. The normalized spacial score (nSPS) is 18.7. The Bertz CT molecular complexity index is 540. The van der Waals surface area contributed by atoms with Crippen LogP contribution in [0, 0.1) is 0 Å². The fourth-order valence-electron chi connectivity index (χ4n) is 4.19. The largest absolute Gasteiger partial charge is 0.395 e. The molecule has 1 aliphatic heterocycles. The Hall–Kier alpha value is -0.650. The van der Waals surface area contributed by atoms with Crippen LogP contribution in [0.4, 0.5) is 0 Å². The molecule has 0 amide bonds. The van der Waals surface area contributed by atoms with Crippen LogP contribution in [0.25, 0.3) is 0 Å². The summed E-state index contributed by atoms with van der Waals surface area (Å²) in [6.45, 7) is 6.17. The van der Waals surface area contributed by atoms with Crippen molar-refractivity contribution in [2.75, 3.05) is 45.9 Å². The van der Waals surface area contributed by atoms with Gasteiger partial charge < -0.3 is 10.0 Å². The van der Waals surface area contributed by atoms with Gasteiger partial charge in [-0.15, -0.1) is 24.8 Å². The number of hydrogen-bond acceptors (Lipinski definition) is 4. The van der Waals surface area contributed by atoms with E-state index in [2.05, 4.69) is 21.9 Å². The van der Waals surface area contributed by atoms with Crippen molar-refractivity contribution in [3.05, 3.63) is 35.4 Å². The number of aliphatic hydroxyl groups excluding tert-OH is 1. The van der Waals surface area contributed by atoms with Gasteiger partial charge in [0.15, 0.2) is 5.78 Å². The van der Waals surface area contributed by atoms with Crippen molar-refractivity contribution < 1.29 is 9.90 Å². The first-order chi connectivity index (χ1) is 12.3. The van der Waals surface area contributed by atoms with Gasteiger partial charge >= 0.3 is 0 Å². The van der Waals surface area contributed by atoms with Crippen LogP contribution in [0.2, 0.25) is 0 Å². The van der Waals surface area contributed by atoms with Crippen LogP contribution in [-0.2, 0) is 0 Å². The second-order valence-corrected chi connectivity index (χ2v) is 7.54. The first kappa shape index (κ1) is 24.4. The Morgan fingerprint density at radius 1 is 0.926 bits per heavy atom. The molecular formula is C21H34Cl2N2O2. The Balaban J connectivity index is 0.00000182. The summed E-state index contributed by atoms with van der Waals surface area (Å²) in [6.07, 6.45) is 6.87. The van der Waals surface area contributed by atoms with Gasteiger partial charge in [0.2, 0.25) is 0 Å². The lowest BCUT2D eigenvalue weighted by molar-refractivity contribution is 0.0949. The van der Waals surface area contributed by atoms with E-state index in [1.807, 2.05) is 12.1 Å². The van der Waals surface area contributed by atoms with Gasteiger partial charge in [-0.3, -0.25) is 9.69 Å². The zero-order valence-corrected chi connectivity index (χ0v) is 17.8. The van der Waals surface area contributed by atoms with E-state index in [0.717, 1.165) is 51.3 Å². The molecule has 2 aliphatic rings. The van der Waals surface area contributed by atoms with Crippen LogP contribution in [-0.4, -0.2) is 66.6 Å². The number of rotatable bonds is 8. The number of carbonyl (C=O) groups is 1. The highest BCUT2D eigenvalue weighted by molar-refractivity contribution is 5.96. The average molecular weight is 417 g/mol. The topological polar surface area (TPSA) is 43.8 Å². The maximum atomic E-state index is 12.4. The minimum Gasteiger partial charge on any atom is -0.395 e. The van der Waals surface area contributed by atoms with Crippen molar-refractivity contribution in [2.24, 2.45) is 0 Å². The van der Waals surface area contributed by atoms with Crippen molar-refractivity contribution in [2.45, 2.75) is 44.4 Å². The Morgan fingerprint density at radius 2 is 1.48 bits per heavy atom. The second kappa shape index (κ2) is 12.7. The van der Waals surface area contributed by atoms with E-state index >= 15 is 0 Å². The minimum atomic E-state index is 0. The molecule has 0 atom stereocenters. The molecule has 0 unspecified atom stereocenters. The van der Waals surface area contributed by atoms with Gasteiger partial charge in [0.25, 0.3) is 0 Å². The molecule has 1 aliphatic carbocycles.